The van der Waals surface area contributed by atoms with E-state index in [-0.39, 0.29) is 17.9 Å². The lowest BCUT2D eigenvalue weighted by atomic mass is 10.0. The number of amides is 1. The van der Waals surface area contributed by atoms with Gasteiger partial charge >= 0.3 is 0 Å². The quantitative estimate of drug-likeness (QED) is 0.678. The van der Waals surface area contributed by atoms with Crippen molar-refractivity contribution >= 4 is 5.91 Å². The molecule has 0 aromatic carbocycles. The van der Waals surface area contributed by atoms with Gasteiger partial charge in [-0.05, 0) is 32.9 Å². The molecule has 0 saturated carbocycles. The van der Waals surface area contributed by atoms with Crippen LogP contribution in [0, 0.1) is 5.92 Å². The summed E-state index contributed by atoms with van der Waals surface area (Å²) >= 11 is 0. The molecule has 0 unspecified atom stereocenters. The number of rotatable bonds is 5. The summed E-state index contributed by atoms with van der Waals surface area (Å²) in [5, 5.41) is 2.89. The molecule has 1 atom stereocenters. The summed E-state index contributed by atoms with van der Waals surface area (Å²) in [6.07, 6.45) is 4.90. The van der Waals surface area contributed by atoms with E-state index in [1.807, 2.05) is 26.8 Å². The molecule has 76 valence electrons. The zero-order chi connectivity index (χ0) is 10.3. The monoisotopic (exact) mass is 184 g/mol. The molecule has 0 aliphatic carbocycles. The van der Waals surface area contributed by atoms with Crippen LogP contribution in [0.4, 0.5) is 0 Å². The van der Waals surface area contributed by atoms with Gasteiger partial charge in [-0.25, -0.2) is 0 Å². The molecule has 0 spiro atoms. The van der Waals surface area contributed by atoms with E-state index in [2.05, 4.69) is 5.32 Å². The molecule has 0 aromatic rings. The van der Waals surface area contributed by atoms with Gasteiger partial charge in [0.25, 0.3) is 0 Å². The molecule has 3 N–H and O–H groups in total. The molecule has 0 heterocycles. The second kappa shape index (κ2) is 6.52. The van der Waals surface area contributed by atoms with E-state index in [4.69, 9.17) is 5.73 Å². The molecule has 1 amide bonds. The fourth-order valence-electron chi connectivity index (χ4n) is 1.10. The Balaban J connectivity index is 3.99. The van der Waals surface area contributed by atoms with Crippen molar-refractivity contribution < 1.29 is 4.79 Å². The lowest BCUT2D eigenvalue weighted by Gasteiger charge is -2.15. The van der Waals surface area contributed by atoms with Gasteiger partial charge in [0.2, 0.25) is 5.91 Å². The van der Waals surface area contributed by atoms with Crippen molar-refractivity contribution in [1.82, 2.24) is 5.32 Å². The highest BCUT2D eigenvalue weighted by Crippen LogP contribution is 2.08. The van der Waals surface area contributed by atoms with Crippen molar-refractivity contribution in [3.8, 4) is 0 Å². The molecule has 0 rings (SSSR count). The van der Waals surface area contributed by atoms with E-state index < -0.39 is 0 Å². The highest BCUT2D eigenvalue weighted by atomic mass is 16.1. The normalized spacial score (nSPS) is 13.5. The van der Waals surface area contributed by atoms with Crippen LogP contribution in [0.15, 0.2) is 12.3 Å². The Labute approximate surface area is 80.4 Å². The average Bonchev–Trinajstić information content (AvgIpc) is 2.04. The summed E-state index contributed by atoms with van der Waals surface area (Å²) in [6.45, 7) is 5.93. The fourth-order valence-corrected chi connectivity index (χ4v) is 1.10. The minimum atomic E-state index is 0.0576. The topological polar surface area (TPSA) is 55.1 Å². The third-order valence-corrected chi connectivity index (χ3v) is 1.85. The van der Waals surface area contributed by atoms with Crippen LogP contribution in [0.3, 0.4) is 0 Å². The molecule has 3 nitrogen and oxygen atoms in total. The van der Waals surface area contributed by atoms with Crippen molar-refractivity contribution in [2.24, 2.45) is 11.7 Å². The first-order valence-corrected chi connectivity index (χ1v) is 4.78. The predicted molar refractivity (Wildman–Crippen MR) is 55.0 cm³/mol. The van der Waals surface area contributed by atoms with Gasteiger partial charge in [-0.3, -0.25) is 4.79 Å². The SMILES string of the molecule is CC[C@H](C/C=C/N)C(=O)NC(C)C. The van der Waals surface area contributed by atoms with Crippen molar-refractivity contribution in [1.29, 1.82) is 0 Å². The van der Waals surface area contributed by atoms with Gasteiger partial charge in [0, 0.05) is 12.0 Å². The van der Waals surface area contributed by atoms with E-state index >= 15 is 0 Å². The summed E-state index contributed by atoms with van der Waals surface area (Å²) in [5.74, 6) is 0.179. The molecule has 0 fully saturated rings. The number of nitrogens with two attached hydrogens (primary N) is 1. The maximum Gasteiger partial charge on any atom is 0.223 e. The van der Waals surface area contributed by atoms with Crippen LogP contribution in [0.2, 0.25) is 0 Å². The van der Waals surface area contributed by atoms with Gasteiger partial charge in [-0.1, -0.05) is 13.0 Å². The van der Waals surface area contributed by atoms with E-state index in [9.17, 15) is 4.79 Å². The number of hydrogen-bond donors (Lipinski definition) is 2. The first-order chi connectivity index (χ1) is 6.11. The van der Waals surface area contributed by atoms with Crippen LogP contribution in [-0.2, 0) is 4.79 Å². The summed E-state index contributed by atoms with van der Waals surface area (Å²) in [5.41, 5.74) is 5.22. The highest BCUT2D eigenvalue weighted by Gasteiger charge is 2.14. The minimum absolute atomic E-state index is 0.0576. The maximum absolute atomic E-state index is 11.5. The first-order valence-electron chi connectivity index (χ1n) is 4.78. The number of carbonyl (C=O) groups is 1. The standard InChI is InChI=1S/C10H20N2O/c1-4-9(6-5-7-11)10(13)12-8(2)3/h5,7-9H,4,6,11H2,1-3H3,(H,12,13)/b7-5+/t9-/m1/s1. The summed E-state index contributed by atoms with van der Waals surface area (Å²) in [6, 6.07) is 0.211. The number of carbonyl (C=O) groups excluding carboxylic acids is 1. The van der Waals surface area contributed by atoms with E-state index in [0.29, 0.717) is 0 Å². The number of nitrogens with one attached hydrogen (secondary N) is 1. The molecular formula is C10H20N2O. The minimum Gasteiger partial charge on any atom is -0.405 e. The molecule has 0 bridgehead atoms. The summed E-state index contributed by atoms with van der Waals surface area (Å²) in [7, 11) is 0. The summed E-state index contributed by atoms with van der Waals surface area (Å²) in [4.78, 5) is 11.5. The molecule has 13 heavy (non-hydrogen) atoms. The van der Waals surface area contributed by atoms with Gasteiger partial charge in [-0.2, -0.15) is 0 Å². The van der Waals surface area contributed by atoms with Crippen LogP contribution in [-0.4, -0.2) is 11.9 Å². The number of hydrogen-bond acceptors (Lipinski definition) is 2. The molecule has 0 radical (unpaired) electrons. The van der Waals surface area contributed by atoms with Crippen molar-refractivity contribution in [3.05, 3.63) is 12.3 Å². The molecule has 3 heteroatoms. The molecular weight excluding hydrogens is 164 g/mol. The summed E-state index contributed by atoms with van der Waals surface area (Å²) < 4.78 is 0. The van der Waals surface area contributed by atoms with Gasteiger partial charge in [0.1, 0.15) is 0 Å². The van der Waals surface area contributed by atoms with Crippen LogP contribution in [0.25, 0.3) is 0 Å². The van der Waals surface area contributed by atoms with Gasteiger partial charge in [0.15, 0.2) is 0 Å². The molecule has 0 aliphatic heterocycles. The first kappa shape index (κ1) is 12.0. The zero-order valence-electron chi connectivity index (χ0n) is 8.71. The third-order valence-electron chi connectivity index (χ3n) is 1.85. The maximum atomic E-state index is 11.5. The van der Waals surface area contributed by atoms with Gasteiger partial charge in [0.05, 0.1) is 0 Å². The predicted octanol–water partition coefficient (Wildman–Crippen LogP) is 1.40. The smallest absolute Gasteiger partial charge is 0.223 e. The van der Waals surface area contributed by atoms with Crippen molar-refractivity contribution in [2.75, 3.05) is 0 Å². The third kappa shape index (κ3) is 5.28. The number of allylic oxidation sites excluding steroid dienone is 1. The second-order valence-corrected chi connectivity index (χ2v) is 3.43. The Morgan fingerprint density at radius 3 is 2.54 bits per heavy atom. The van der Waals surface area contributed by atoms with Crippen LogP contribution < -0.4 is 11.1 Å². The molecule has 0 saturated heterocycles. The molecule has 0 aromatic heterocycles. The van der Waals surface area contributed by atoms with E-state index in [1.54, 1.807) is 0 Å². The van der Waals surface area contributed by atoms with E-state index in [0.717, 1.165) is 12.8 Å². The Morgan fingerprint density at radius 1 is 1.54 bits per heavy atom. The average molecular weight is 184 g/mol. The highest BCUT2D eigenvalue weighted by molar-refractivity contribution is 5.78. The lowest BCUT2D eigenvalue weighted by molar-refractivity contribution is -0.125. The Hall–Kier alpha value is -0.990. The van der Waals surface area contributed by atoms with E-state index in [1.165, 1.54) is 6.20 Å². The second-order valence-electron chi connectivity index (χ2n) is 3.43. The van der Waals surface area contributed by atoms with Crippen LogP contribution in [0.1, 0.15) is 33.6 Å². The Bertz CT molecular complexity index is 176. The molecule has 0 aliphatic rings. The van der Waals surface area contributed by atoms with Crippen LogP contribution >= 0.6 is 0 Å². The Kier molecular flexibility index (Phi) is 6.02. The van der Waals surface area contributed by atoms with Crippen LogP contribution in [0.5, 0.6) is 0 Å². The van der Waals surface area contributed by atoms with Crippen molar-refractivity contribution in [3.63, 3.8) is 0 Å². The van der Waals surface area contributed by atoms with Crippen molar-refractivity contribution in [2.45, 2.75) is 39.7 Å². The van der Waals surface area contributed by atoms with Gasteiger partial charge < -0.3 is 11.1 Å². The fraction of sp³-hybridized carbons (Fsp3) is 0.700. The Morgan fingerprint density at radius 2 is 2.15 bits per heavy atom. The lowest BCUT2D eigenvalue weighted by Crippen LogP contribution is -2.35. The largest absolute Gasteiger partial charge is 0.405 e. The van der Waals surface area contributed by atoms with Gasteiger partial charge in [-0.15, -0.1) is 0 Å². The zero-order valence-corrected chi connectivity index (χ0v) is 8.71.